The number of hydrogen-bond acceptors (Lipinski definition) is 6. The Bertz CT molecular complexity index is 458. The summed E-state index contributed by atoms with van der Waals surface area (Å²) in [5, 5.41) is 10.9. The molecule has 174 valence electrons. The maximum absolute atomic E-state index is 11.6. The highest BCUT2D eigenvalue weighted by Crippen LogP contribution is 1.98. The smallest absolute Gasteiger partial charge is 0.314 e. The second-order valence-electron chi connectivity index (χ2n) is 6.60. The van der Waals surface area contributed by atoms with E-state index in [1.54, 1.807) is 13.8 Å². The summed E-state index contributed by atoms with van der Waals surface area (Å²) in [6.45, 7) is 6.28. The van der Waals surface area contributed by atoms with Gasteiger partial charge >= 0.3 is 24.0 Å². The van der Waals surface area contributed by atoms with Gasteiger partial charge in [0, 0.05) is 39.0 Å². The van der Waals surface area contributed by atoms with Gasteiger partial charge in [0.1, 0.15) is 0 Å². The summed E-state index contributed by atoms with van der Waals surface area (Å²) in [6.07, 6.45) is 5.32. The Morgan fingerprint density at radius 2 is 0.867 bits per heavy atom. The predicted molar refractivity (Wildman–Crippen MR) is 113 cm³/mol. The fourth-order valence-corrected chi connectivity index (χ4v) is 2.47. The molecule has 10 nitrogen and oxygen atoms in total. The second-order valence-corrected chi connectivity index (χ2v) is 6.60. The van der Waals surface area contributed by atoms with E-state index >= 15 is 0 Å². The van der Waals surface area contributed by atoms with E-state index in [1.165, 1.54) is 0 Å². The summed E-state index contributed by atoms with van der Waals surface area (Å²) >= 11 is 0. The minimum Gasteiger partial charge on any atom is -0.466 e. The van der Waals surface area contributed by atoms with Crippen LogP contribution < -0.4 is 21.3 Å². The zero-order valence-corrected chi connectivity index (χ0v) is 18.3. The number of unbranched alkanes of at least 4 members (excludes halogenated alkanes) is 3. The van der Waals surface area contributed by atoms with E-state index in [2.05, 4.69) is 21.3 Å². The van der Waals surface area contributed by atoms with Crippen molar-refractivity contribution in [3.63, 3.8) is 0 Å². The Morgan fingerprint density at radius 1 is 0.533 bits per heavy atom. The molecule has 0 spiro atoms. The van der Waals surface area contributed by atoms with Crippen molar-refractivity contribution in [1.29, 1.82) is 0 Å². The Hall–Kier alpha value is -2.52. The van der Waals surface area contributed by atoms with Crippen molar-refractivity contribution < 1.29 is 28.7 Å². The van der Waals surface area contributed by atoms with Crippen LogP contribution in [0.2, 0.25) is 0 Å². The average Bonchev–Trinajstić information content (AvgIpc) is 2.71. The third-order valence-corrected chi connectivity index (χ3v) is 3.97. The molecule has 30 heavy (non-hydrogen) atoms. The van der Waals surface area contributed by atoms with Crippen LogP contribution in [0.1, 0.15) is 65.2 Å². The van der Waals surface area contributed by atoms with Gasteiger partial charge in [-0.3, -0.25) is 9.59 Å². The summed E-state index contributed by atoms with van der Waals surface area (Å²) in [4.78, 5) is 45.5. The van der Waals surface area contributed by atoms with E-state index in [-0.39, 0.29) is 24.0 Å². The van der Waals surface area contributed by atoms with E-state index in [9.17, 15) is 19.2 Å². The van der Waals surface area contributed by atoms with Crippen molar-refractivity contribution in [3.8, 4) is 0 Å². The van der Waals surface area contributed by atoms with Crippen molar-refractivity contribution >= 4 is 24.0 Å². The maximum Gasteiger partial charge on any atom is 0.314 e. The predicted octanol–water partition coefficient (Wildman–Crippen LogP) is 1.83. The van der Waals surface area contributed by atoms with Gasteiger partial charge in [-0.05, 0) is 39.5 Å². The molecular weight excluding hydrogens is 392 g/mol. The van der Waals surface area contributed by atoms with Crippen LogP contribution in [0.3, 0.4) is 0 Å². The second kappa shape index (κ2) is 19.8. The molecule has 0 aliphatic carbocycles. The summed E-state index contributed by atoms with van der Waals surface area (Å²) in [6, 6.07) is -0.472. The third-order valence-electron chi connectivity index (χ3n) is 3.97. The molecule has 0 saturated heterocycles. The maximum atomic E-state index is 11.6. The van der Waals surface area contributed by atoms with Gasteiger partial charge in [0.25, 0.3) is 0 Å². The number of rotatable bonds is 17. The van der Waals surface area contributed by atoms with Gasteiger partial charge in [-0.25, -0.2) is 9.59 Å². The Balaban J connectivity index is 3.38. The number of hydrogen-bond donors (Lipinski definition) is 4. The number of ether oxygens (including phenoxy) is 2. The number of carbonyl (C=O) groups is 4. The summed E-state index contributed by atoms with van der Waals surface area (Å²) in [7, 11) is 0. The molecule has 0 aromatic carbocycles. The fourth-order valence-electron chi connectivity index (χ4n) is 2.47. The molecule has 4 N–H and O–H groups in total. The molecule has 4 amide bonds. The van der Waals surface area contributed by atoms with Crippen LogP contribution in [0.5, 0.6) is 0 Å². The van der Waals surface area contributed by atoms with Crippen molar-refractivity contribution in [2.45, 2.75) is 65.2 Å². The number of nitrogens with one attached hydrogen (secondary N) is 4. The first-order valence-electron chi connectivity index (χ1n) is 10.8. The minimum atomic E-state index is -0.249. The molecule has 10 heteroatoms. The molecule has 0 aromatic rings. The molecule has 0 heterocycles. The minimum absolute atomic E-state index is 0.236. The largest absolute Gasteiger partial charge is 0.466 e. The van der Waals surface area contributed by atoms with Crippen LogP contribution >= 0.6 is 0 Å². The van der Waals surface area contributed by atoms with Gasteiger partial charge in [0.15, 0.2) is 0 Å². The van der Waals surface area contributed by atoms with Gasteiger partial charge in [-0.1, -0.05) is 12.8 Å². The zero-order chi connectivity index (χ0) is 22.5. The highest BCUT2D eigenvalue weighted by Gasteiger charge is 2.04. The summed E-state index contributed by atoms with van der Waals surface area (Å²) < 4.78 is 9.62. The lowest BCUT2D eigenvalue weighted by Crippen LogP contribution is -2.37. The molecule has 0 unspecified atom stereocenters. The van der Waals surface area contributed by atoms with Gasteiger partial charge in [0.05, 0.1) is 13.2 Å². The summed E-state index contributed by atoms with van der Waals surface area (Å²) in [5.41, 5.74) is 0. The third kappa shape index (κ3) is 18.8. The lowest BCUT2D eigenvalue weighted by Gasteiger charge is -2.08. The number of carbonyl (C=O) groups excluding carboxylic acids is 4. The number of esters is 2. The van der Waals surface area contributed by atoms with Gasteiger partial charge in [-0.15, -0.1) is 0 Å². The highest BCUT2D eigenvalue weighted by molar-refractivity contribution is 5.74. The van der Waals surface area contributed by atoms with Crippen molar-refractivity contribution in [1.82, 2.24) is 21.3 Å². The Labute approximate surface area is 179 Å². The van der Waals surface area contributed by atoms with Crippen LogP contribution in [-0.4, -0.2) is 63.4 Å². The van der Waals surface area contributed by atoms with Crippen LogP contribution in [0.25, 0.3) is 0 Å². The lowest BCUT2D eigenvalue weighted by atomic mass is 10.2. The normalized spacial score (nSPS) is 10.1. The van der Waals surface area contributed by atoms with E-state index in [0.29, 0.717) is 65.1 Å². The van der Waals surface area contributed by atoms with Crippen LogP contribution in [-0.2, 0) is 19.1 Å². The molecule has 0 radical (unpaired) electrons. The first-order valence-corrected chi connectivity index (χ1v) is 10.8. The van der Waals surface area contributed by atoms with Crippen LogP contribution in [0, 0.1) is 0 Å². The van der Waals surface area contributed by atoms with E-state index in [1.807, 2.05) is 0 Å². The number of urea groups is 2. The van der Waals surface area contributed by atoms with Gasteiger partial charge < -0.3 is 30.7 Å². The monoisotopic (exact) mass is 430 g/mol. The quantitative estimate of drug-likeness (QED) is 0.205. The SMILES string of the molecule is CCOC(=O)CCCNC(=O)NCCCCCCNC(=O)NCCCC(=O)OCC. The molecule has 0 atom stereocenters. The van der Waals surface area contributed by atoms with E-state index in [0.717, 1.165) is 25.7 Å². The molecule has 0 aliphatic heterocycles. The standard InChI is InChI=1S/C20H38N4O6/c1-3-29-17(25)11-9-15-23-19(27)21-13-7-5-6-8-14-22-20(28)24-16-10-12-18(26)30-4-2/h3-16H2,1-2H3,(H2,21,23,27)(H2,22,24,28). The first-order chi connectivity index (χ1) is 14.5. The molecule has 0 aromatic heterocycles. The van der Waals surface area contributed by atoms with E-state index in [4.69, 9.17) is 9.47 Å². The molecule has 0 bridgehead atoms. The van der Waals surface area contributed by atoms with Gasteiger partial charge in [0.2, 0.25) is 0 Å². The summed E-state index contributed by atoms with van der Waals surface area (Å²) in [5.74, 6) is -0.499. The van der Waals surface area contributed by atoms with Crippen LogP contribution in [0.15, 0.2) is 0 Å². The highest BCUT2D eigenvalue weighted by atomic mass is 16.5. The molecule has 0 rings (SSSR count). The Morgan fingerprint density at radius 3 is 1.20 bits per heavy atom. The van der Waals surface area contributed by atoms with E-state index < -0.39 is 0 Å². The fraction of sp³-hybridized carbons (Fsp3) is 0.800. The lowest BCUT2D eigenvalue weighted by molar-refractivity contribution is -0.144. The molecular formula is C20H38N4O6. The molecule has 0 saturated carbocycles. The topological polar surface area (TPSA) is 135 Å². The van der Waals surface area contributed by atoms with Crippen molar-refractivity contribution in [2.24, 2.45) is 0 Å². The van der Waals surface area contributed by atoms with Crippen LogP contribution in [0.4, 0.5) is 9.59 Å². The molecule has 0 aliphatic rings. The first kappa shape index (κ1) is 27.5. The number of amides is 4. The molecule has 0 fully saturated rings. The van der Waals surface area contributed by atoms with Gasteiger partial charge in [-0.2, -0.15) is 0 Å². The Kier molecular flexibility index (Phi) is 18.1. The van der Waals surface area contributed by atoms with Crippen molar-refractivity contribution in [3.05, 3.63) is 0 Å². The average molecular weight is 431 g/mol. The van der Waals surface area contributed by atoms with Crippen molar-refractivity contribution in [2.75, 3.05) is 39.4 Å². The zero-order valence-electron chi connectivity index (χ0n) is 18.3.